The lowest BCUT2D eigenvalue weighted by Gasteiger charge is -2.39. The Hall–Kier alpha value is -3.30. The average molecular weight is 560 g/mol. The predicted octanol–water partition coefficient (Wildman–Crippen LogP) is 2.41. The lowest BCUT2D eigenvalue weighted by atomic mass is 9.99. The maximum Gasteiger partial charge on any atom is 0.459 e. The highest BCUT2D eigenvalue weighted by Gasteiger charge is 2.61. The quantitative estimate of drug-likeness (QED) is 0.252. The van der Waals surface area contributed by atoms with Crippen LogP contribution in [0.2, 0.25) is 0 Å². The Labute approximate surface area is 218 Å². The number of alkyl halides is 5. The minimum absolute atomic E-state index is 0.0863. The molecule has 0 spiro atoms. The molecule has 9 nitrogen and oxygen atoms in total. The van der Waals surface area contributed by atoms with Gasteiger partial charge in [-0.3, -0.25) is 5.10 Å². The third-order valence-electron chi connectivity index (χ3n) is 6.15. The standard InChI is InChI=1S/C25H25F5N2O7/c26-24(27,25(28,29)30)21-15(10-14-8-4-5-9-16(14)37-12-13-6-2-1-3-7-13)22(32-31-21)39-23-20(36)19(35)18(34)17(11-33)38-23/h1-9,17-20,23,33-36H,10-12H2,(H,31,32)/t17-,18-,19+,20-,23+/m1/s1. The topological polar surface area (TPSA) is 137 Å². The number of nitrogens with zero attached hydrogens (tertiary/aromatic N) is 1. The van der Waals surface area contributed by atoms with E-state index in [0.717, 1.165) is 5.56 Å². The Bertz CT molecular complexity index is 1240. The molecule has 1 aliphatic heterocycles. The van der Waals surface area contributed by atoms with Gasteiger partial charge in [0.15, 0.2) is 0 Å². The van der Waals surface area contributed by atoms with Crippen molar-refractivity contribution >= 4 is 0 Å². The fraction of sp³-hybridized carbons (Fsp3) is 0.400. The van der Waals surface area contributed by atoms with E-state index in [-0.39, 0.29) is 17.9 Å². The van der Waals surface area contributed by atoms with Crippen LogP contribution in [0.25, 0.3) is 0 Å². The summed E-state index contributed by atoms with van der Waals surface area (Å²) >= 11 is 0. The third-order valence-corrected chi connectivity index (χ3v) is 6.15. The van der Waals surface area contributed by atoms with Crippen LogP contribution in [0, 0.1) is 0 Å². The van der Waals surface area contributed by atoms with Crippen LogP contribution in [0.5, 0.6) is 11.6 Å². The summed E-state index contributed by atoms with van der Waals surface area (Å²) in [5.41, 5.74) is -1.32. The van der Waals surface area contributed by atoms with Gasteiger partial charge in [0, 0.05) is 12.0 Å². The van der Waals surface area contributed by atoms with E-state index >= 15 is 0 Å². The van der Waals surface area contributed by atoms with E-state index in [1.807, 2.05) is 0 Å². The van der Waals surface area contributed by atoms with Gasteiger partial charge in [0.2, 0.25) is 12.2 Å². The molecule has 0 bridgehead atoms. The molecule has 4 rings (SSSR count). The number of aromatic nitrogens is 2. The molecule has 0 unspecified atom stereocenters. The summed E-state index contributed by atoms with van der Waals surface area (Å²) < 4.78 is 85.4. The van der Waals surface area contributed by atoms with Gasteiger partial charge in [-0.2, -0.15) is 22.0 Å². The molecule has 212 valence electrons. The molecule has 2 heterocycles. The average Bonchev–Trinajstić information content (AvgIpc) is 3.31. The van der Waals surface area contributed by atoms with Crippen molar-refractivity contribution in [3.05, 3.63) is 77.0 Å². The van der Waals surface area contributed by atoms with Crippen molar-refractivity contribution in [2.75, 3.05) is 6.61 Å². The van der Waals surface area contributed by atoms with Gasteiger partial charge in [0.05, 0.1) is 6.61 Å². The molecule has 5 atom stereocenters. The Kier molecular flexibility index (Phi) is 8.42. The number of nitrogens with one attached hydrogen (secondary N) is 1. The maximum atomic E-state index is 14.5. The van der Waals surface area contributed by atoms with E-state index in [2.05, 4.69) is 5.10 Å². The highest BCUT2D eigenvalue weighted by Crippen LogP contribution is 2.46. The number of H-pyrrole nitrogens is 1. The number of ether oxygens (including phenoxy) is 3. The van der Waals surface area contributed by atoms with Crippen molar-refractivity contribution < 1.29 is 56.6 Å². The highest BCUT2D eigenvalue weighted by molar-refractivity contribution is 5.43. The van der Waals surface area contributed by atoms with Gasteiger partial charge < -0.3 is 34.6 Å². The van der Waals surface area contributed by atoms with E-state index in [0.29, 0.717) is 0 Å². The van der Waals surface area contributed by atoms with E-state index in [1.165, 1.54) is 18.2 Å². The highest BCUT2D eigenvalue weighted by atomic mass is 19.4. The lowest BCUT2D eigenvalue weighted by Crippen LogP contribution is -2.60. The van der Waals surface area contributed by atoms with Crippen LogP contribution in [0.15, 0.2) is 54.6 Å². The Morgan fingerprint density at radius 1 is 0.897 bits per heavy atom. The number of para-hydroxylation sites is 1. The van der Waals surface area contributed by atoms with Crippen LogP contribution in [0.1, 0.15) is 22.4 Å². The molecule has 2 aromatic carbocycles. The van der Waals surface area contributed by atoms with Crippen LogP contribution < -0.4 is 9.47 Å². The largest absolute Gasteiger partial charge is 0.489 e. The lowest BCUT2D eigenvalue weighted by molar-refractivity contribution is -0.291. The second-order valence-corrected chi connectivity index (χ2v) is 8.83. The fourth-order valence-corrected chi connectivity index (χ4v) is 4.00. The minimum Gasteiger partial charge on any atom is -0.489 e. The summed E-state index contributed by atoms with van der Waals surface area (Å²) in [6.07, 6.45) is -15.4. The molecule has 1 saturated heterocycles. The normalized spacial score (nSPS) is 24.0. The van der Waals surface area contributed by atoms with Gasteiger partial charge in [-0.05, 0) is 17.2 Å². The van der Waals surface area contributed by atoms with Gasteiger partial charge in [-0.25, -0.2) is 0 Å². The Morgan fingerprint density at radius 2 is 1.56 bits per heavy atom. The fourth-order valence-electron chi connectivity index (χ4n) is 4.00. The number of hydrogen-bond acceptors (Lipinski definition) is 8. The summed E-state index contributed by atoms with van der Waals surface area (Å²) in [4.78, 5) is 0. The molecule has 3 aromatic rings. The number of benzene rings is 2. The Balaban J connectivity index is 1.68. The summed E-state index contributed by atoms with van der Waals surface area (Å²) in [5, 5.41) is 44.7. The number of hydrogen-bond donors (Lipinski definition) is 5. The molecule has 0 radical (unpaired) electrons. The van der Waals surface area contributed by atoms with Gasteiger partial charge >= 0.3 is 12.1 Å². The molecule has 0 amide bonds. The molecule has 14 heteroatoms. The number of aliphatic hydroxyl groups excluding tert-OH is 4. The number of rotatable bonds is 9. The first-order valence-electron chi connectivity index (χ1n) is 11.7. The number of aromatic amines is 1. The van der Waals surface area contributed by atoms with Crippen LogP contribution in [-0.4, -0.2) is 74.1 Å². The van der Waals surface area contributed by atoms with E-state index in [9.17, 15) is 42.4 Å². The smallest absolute Gasteiger partial charge is 0.459 e. The molecule has 0 aliphatic carbocycles. The van der Waals surface area contributed by atoms with Crippen molar-refractivity contribution in [1.82, 2.24) is 10.2 Å². The number of halogens is 5. The summed E-state index contributed by atoms with van der Waals surface area (Å²) in [7, 11) is 0. The van der Waals surface area contributed by atoms with Crippen LogP contribution in [0.4, 0.5) is 22.0 Å². The van der Waals surface area contributed by atoms with Crippen LogP contribution in [-0.2, 0) is 23.7 Å². The second kappa shape index (κ2) is 11.4. The molecule has 1 fully saturated rings. The van der Waals surface area contributed by atoms with Crippen LogP contribution in [0.3, 0.4) is 0 Å². The zero-order valence-electron chi connectivity index (χ0n) is 20.1. The minimum atomic E-state index is -5.99. The van der Waals surface area contributed by atoms with Crippen molar-refractivity contribution in [2.24, 2.45) is 0 Å². The molecule has 0 saturated carbocycles. The molecular formula is C25H25F5N2O7. The van der Waals surface area contributed by atoms with Crippen molar-refractivity contribution in [1.29, 1.82) is 0 Å². The van der Waals surface area contributed by atoms with Gasteiger partial charge in [0.1, 0.15) is 42.5 Å². The second-order valence-electron chi connectivity index (χ2n) is 8.83. The molecule has 1 aromatic heterocycles. The third kappa shape index (κ3) is 5.99. The van der Waals surface area contributed by atoms with E-state index in [4.69, 9.17) is 14.2 Å². The Morgan fingerprint density at radius 3 is 2.23 bits per heavy atom. The van der Waals surface area contributed by atoms with E-state index in [1.54, 1.807) is 41.5 Å². The first-order chi connectivity index (χ1) is 18.4. The first-order valence-corrected chi connectivity index (χ1v) is 11.7. The molecule has 1 aliphatic rings. The van der Waals surface area contributed by atoms with Gasteiger partial charge in [-0.15, -0.1) is 5.10 Å². The van der Waals surface area contributed by atoms with E-state index < -0.39 is 73.0 Å². The van der Waals surface area contributed by atoms with Crippen LogP contribution >= 0.6 is 0 Å². The summed E-state index contributed by atoms with van der Waals surface area (Å²) in [6.45, 7) is -0.731. The van der Waals surface area contributed by atoms with Gasteiger partial charge in [-0.1, -0.05) is 48.5 Å². The predicted molar refractivity (Wildman–Crippen MR) is 123 cm³/mol. The summed E-state index contributed by atoms with van der Waals surface area (Å²) in [6, 6.07) is 15.0. The molecular weight excluding hydrogens is 535 g/mol. The molecule has 5 N–H and O–H groups in total. The van der Waals surface area contributed by atoms with Gasteiger partial charge in [0.25, 0.3) is 0 Å². The number of aliphatic hydroxyl groups is 4. The monoisotopic (exact) mass is 560 g/mol. The molecule has 39 heavy (non-hydrogen) atoms. The zero-order chi connectivity index (χ0) is 28.4. The van der Waals surface area contributed by atoms with Crippen molar-refractivity contribution in [2.45, 2.75) is 55.8 Å². The first kappa shape index (κ1) is 28.7. The van der Waals surface area contributed by atoms with Crippen molar-refractivity contribution in [3.8, 4) is 11.6 Å². The zero-order valence-corrected chi connectivity index (χ0v) is 20.1. The maximum absolute atomic E-state index is 14.5. The van der Waals surface area contributed by atoms with Crippen molar-refractivity contribution in [3.63, 3.8) is 0 Å². The SMILES string of the molecule is OC[C@H]1O[C@@H](Oc2n[nH]c(C(F)(F)C(F)(F)F)c2Cc2ccccc2OCc2ccccc2)[C@H](O)[C@@H](O)[C@@H]1O. The summed E-state index contributed by atoms with van der Waals surface area (Å²) in [5.74, 6) is -5.95.